The molecule has 0 rings (SSSR count). The molecule has 0 aromatic rings. The fourth-order valence-electron chi connectivity index (χ4n) is 4.60. The first-order valence-corrected chi connectivity index (χ1v) is 21.5. The number of phosphoric acid groups is 1. The number of allylic oxidation sites excluding steroid dienone is 20. The second kappa shape index (κ2) is 40.1. The van der Waals surface area contributed by atoms with Crippen molar-refractivity contribution in [2.24, 2.45) is 0 Å². The summed E-state index contributed by atoms with van der Waals surface area (Å²) in [6.07, 6.45) is 55.2. The average Bonchev–Trinajstić information content (AvgIpc) is 3.16. The maximum absolute atomic E-state index is 12.4. The normalized spacial score (nSPS) is 13.7. The van der Waals surface area contributed by atoms with Gasteiger partial charge in [-0.3, -0.25) is 14.1 Å². The zero-order valence-corrected chi connectivity index (χ0v) is 34.1. The lowest BCUT2D eigenvalue weighted by Crippen LogP contribution is -2.29. The van der Waals surface area contributed by atoms with E-state index in [1.54, 1.807) is 0 Å². The number of rotatable bonds is 35. The second-order valence-electron chi connectivity index (χ2n) is 12.6. The van der Waals surface area contributed by atoms with E-state index in [0.717, 1.165) is 83.5 Å². The Balaban J connectivity index is 4.20. The fourth-order valence-corrected chi connectivity index (χ4v) is 4.96. The molecule has 1 atom stereocenters. The predicted octanol–water partition coefficient (Wildman–Crippen LogP) is 11.1. The van der Waals surface area contributed by atoms with Crippen molar-refractivity contribution in [2.75, 3.05) is 19.8 Å². The summed E-state index contributed by atoms with van der Waals surface area (Å²) in [5, 5.41) is 8.77. The summed E-state index contributed by atoms with van der Waals surface area (Å²) in [6.45, 7) is 1.45. The number of esters is 2. The molecule has 0 aromatic carbocycles. The molecular weight excluding hydrogens is 715 g/mol. The third-order valence-corrected chi connectivity index (χ3v) is 8.02. The van der Waals surface area contributed by atoms with Crippen LogP contribution in [-0.4, -0.2) is 52.8 Å². The van der Waals surface area contributed by atoms with Crippen molar-refractivity contribution in [1.29, 1.82) is 0 Å². The molecule has 0 aliphatic carbocycles. The Kier molecular flexibility index (Phi) is 37.5. The van der Waals surface area contributed by atoms with E-state index < -0.39 is 32.5 Å². The Hall–Kier alpha value is -3.59. The van der Waals surface area contributed by atoms with Crippen LogP contribution in [0.15, 0.2) is 122 Å². The molecule has 0 heterocycles. The van der Waals surface area contributed by atoms with Crippen molar-refractivity contribution in [1.82, 2.24) is 0 Å². The van der Waals surface area contributed by atoms with Gasteiger partial charge in [0.05, 0.1) is 6.61 Å². The van der Waals surface area contributed by atoms with Crippen molar-refractivity contribution < 1.29 is 43.0 Å². The number of aliphatic hydroxyl groups excluding tert-OH is 1. The summed E-state index contributed by atoms with van der Waals surface area (Å²) in [7, 11) is -4.80. The SMILES string of the molecule is CC/C=C\C/C=C\C/C=C\C/C=C\C/C=C\C/C=C\CCC(=O)OC[C@H](COP(=O)(O)O)OC(=O)CCC/C=C\C/C=C\C/C=C\C/C=C\CCCCCO. The molecule has 0 radical (unpaired) electrons. The van der Waals surface area contributed by atoms with Crippen LogP contribution in [0.25, 0.3) is 0 Å². The Bertz CT molecular complexity index is 1290. The first-order chi connectivity index (χ1) is 26.8. The Morgan fingerprint density at radius 3 is 1.36 bits per heavy atom. The summed E-state index contributed by atoms with van der Waals surface area (Å²) in [4.78, 5) is 42.7. The first-order valence-electron chi connectivity index (χ1n) is 19.9. The van der Waals surface area contributed by atoms with Gasteiger partial charge < -0.3 is 24.4 Å². The number of hydrogen-bond donors (Lipinski definition) is 3. The molecule has 0 fully saturated rings. The molecule has 0 aliphatic rings. The molecule has 0 bridgehead atoms. The Morgan fingerprint density at radius 1 is 0.509 bits per heavy atom. The van der Waals surface area contributed by atoms with Crippen LogP contribution in [-0.2, 0) is 28.2 Å². The third-order valence-electron chi connectivity index (χ3n) is 7.53. The monoisotopic (exact) mass is 784 g/mol. The van der Waals surface area contributed by atoms with Gasteiger partial charge in [-0.2, -0.15) is 0 Å². The summed E-state index contributed by atoms with van der Waals surface area (Å²) in [5.74, 6) is -1.08. The average molecular weight is 785 g/mol. The van der Waals surface area contributed by atoms with Crippen LogP contribution >= 0.6 is 7.82 Å². The molecular formula is C45H69O9P. The maximum Gasteiger partial charge on any atom is 0.469 e. The van der Waals surface area contributed by atoms with Crippen LogP contribution in [0.1, 0.15) is 122 Å². The van der Waals surface area contributed by atoms with Crippen LogP contribution in [0, 0.1) is 0 Å². The zero-order valence-electron chi connectivity index (χ0n) is 33.2. The van der Waals surface area contributed by atoms with Crippen LogP contribution in [0.2, 0.25) is 0 Å². The van der Waals surface area contributed by atoms with E-state index in [2.05, 4.69) is 109 Å². The first kappa shape index (κ1) is 51.4. The van der Waals surface area contributed by atoms with E-state index in [-0.39, 0.29) is 26.1 Å². The number of aliphatic hydroxyl groups is 1. The van der Waals surface area contributed by atoms with Gasteiger partial charge in [-0.05, 0) is 96.3 Å². The minimum atomic E-state index is -4.80. The van der Waals surface area contributed by atoms with Crippen molar-refractivity contribution in [3.63, 3.8) is 0 Å². The highest BCUT2D eigenvalue weighted by Crippen LogP contribution is 2.35. The van der Waals surface area contributed by atoms with Gasteiger partial charge in [0.1, 0.15) is 6.61 Å². The molecule has 0 spiro atoms. The molecule has 10 heteroatoms. The van der Waals surface area contributed by atoms with Gasteiger partial charge in [-0.25, -0.2) is 4.57 Å². The topological polar surface area (TPSA) is 140 Å². The lowest BCUT2D eigenvalue weighted by Gasteiger charge is -2.18. The Labute approximate surface area is 331 Å². The lowest BCUT2D eigenvalue weighted by molar-refractivity contribution is -0.161. The van der Waals surface area contributed by atoms with Gasteiger partial charge in [-0.1, -0.05) is 135 Å². The molecule has 9 nitrogen and oxygen atoms in total. The smallest absolute Gasteiger partial charge is 0.462 e. The molecule has 0 amide bonds. The predicted molar refractivity (Wildman–Crippen MR) is 226 cm³/mol. The number of carbonyl (C=O) groups is 2. The highest BCUT2D eigenvalue weighted by molar-refractivity contribution is 7.46. The van der Waals surface area contributed by atoms with Crippen LogP contribution in [0.4, 0.5) is 0 Å². The van der Waals surface area contributed by atoms with Gasteiger partial charge >= 0.3 is 19.8 Å². The quantitative estimate of drug-likeness (QED) is 0.0248. The molecule has 0 unspecified atom stereocenters. The van der Waals surface area contributed by atoms with Crippen molar-refractivity contribution in [3.05, 3.63) is 122 Å². The largest absolute Gasteiger partial charge is 0.469 e. The second-order valence-corrected chi connectivity index (χ2v) is 13.8. The van der Waals surface area contributed by atoms with Crippen LogP contribution < -0.4 is 0 Å². The third kappa shape index (κ3) is 43.0. The molecule has 0 aromatic heterocycles. The number of carbonyl (C=O) groups excluding carboxylic acids is 2. The van der Waals surface area contributed by atoms with Gasteiger partial charge in [0.2, 0.25) is 0 Å². The molecule has 308 valence electrons. The lowest BCUT2D eigenvalue weighted by atomic mass is 10.2. The van der Waals surface area contributed by atoms with E-state index in [9.17, 15) is 14.2 Å². The number of ether oxygens (including phenoxy) is 2. The Morgan fingerprint density at radius 2 is 0.927 bits per heavy atom. The fraction of sp³-hybridized carbons (Fsp3) is 0.511. The van der Waals surface area contributed by atoms with E-state index in [4.69, 9.17) is 24.4 Å². The van der Waals surface area contributed by atoms with Crippen LogP contribution in [0.3, 0.4) is 0 Å². The number of unbranched alkanes of at least 4 members (excludes halogenated alkanes) is 4. The van der Waals surface area contributed by atoms with Crippen molar-refractivity contribution in [3.8, 4) is 0 Å². The van der Waals surface area contributed by atoms with Gasteiger partial charge in [0, 0.05) is 19.4 Å². The highest BCUT2D eigenvalue weighted by Gasteiger charge is 2.22. The van der Waals surface area contributed by atoms with Crippen LogP contribution in [0.5, 0.6) is 0 Å². The molecule has 0 aliphatic heterocycles. The van der Waals surface area contributed by atoms with E-state index in [1.165, 1.54) is 0 Å². The standard InChI is InChI=1S/C45H69O9P/c1-2-3-4-5-6-7-8-9-10-11-12-14-17-20-23-26-29-32-35-38-44(47)52-41-43(42-53-55(49,50)51)54-45(48)39-36-33-30-27-24-21-18-15-13-16-19-22-25-28-31-34-37-40-46/h3-4,6-7,9-10,12-14,16,18,20-23,25,27,29-30,32,43,46H,2,5,8,11,15,17,19,24,26,28,31,33-42H2,1H3,(H2,49,50,51)/b4-3-,7-6-,10-9-,14-12-,16-13-,21-18-,23-20-,25-22-,30-27-,32-29-/t43-/m1/s1. The zero-order chi connectivity index (χ0) is 40.3. The summed E-state index contributed by atoms with van der Waals surface area (Å²) >= 11 is 0. The van der Waals surface area contributed by atoms with Crippen molar-refractivity contribution in [2.45, 2.75) is 129 Å². The van der Waals surface area contributed by atoms with E-state index in [1.807, 2.05) is 24.3 Å². The van der Waals surface area contributed by atoms with E-state index in [0.29, 0.717) is 19.3 Å². The molecule has 3 N–H and O–H groups in total. The van der Waals surface area contributed by atoms with Gasteiger partial charge in [0.15, 0.2) is 6.10 Å². The van der Waals surface area contributed by atoms with Gasteiger partial charge in [0.25, 0.3) is 0 Å². The number of hydrogen-bond acceptors (Lipinski definition) is 7. The summed E-state index contributed by atoms with van der Waals surface area (Å²) < 4.78 is 26.2. The maximum atomic E-state index is 12.4. The molecule has 0 saturated carbocycles. The molecule has 0 saturated heterocycles. The van der Waals surface area contributed by atoms with E-state index >= 15 is 0 Å². The van der Waals surface area contributed by atoms with Crippen molar-refractivity contribution >= 4 is 19.8 Å². The summed E-state index contributed by atoms with van der Waals surface area (Å²) in [6, 6.07) is 0. The minimum absolute atomic E-state index is 0.102. The molecule has 55 heavy (non-hydrogen) atoms. The van der Waals surface area contributed by atoms with Gasteiger partial charge in [-0.15, -0.1) is 0 Å². The highest BCUT2D eigenvalue weighted by atomic mass is 31.2. The summed E-state index contributed by atoms with van der Waals surface area (Å²) in [5.41, 5.74) is 0. The minimum Gasteiger partial charge on any atom is -0.462 e. The number of phosphoric ester groups is 1.